The Labute approximate surface area is 546 Å². The Hall–Kier alpha value is -6.99. The minimum absolute atomic E-state index is 0. The van der Waals surface area contributed by atoms with Crippen molar-refractivity contribution < 1.29 is 73.3 Å². The third-order valence-electron chi connectivity index (χ3n) is 14.5. The van der Waals surface area contributed by atoms with Gasteiger partial charge in [0.15, 0.2) is 11.6 Å². The van der Waals surface area contributed by atoms with Crippen molar-refractivity contribution in [3.8, 4) is 0 Å². The van der Waals surface area contributed by atoms with E-state index < -0.39 is 42.4 Å². The monoisotopic (exact) mass is 1300 g/mol. The van der Waals surface area contributed by atoms with E-state index in [0.717, 1.165) is 32.1 Å². The smallest absolute Gasteiger partial charge is 0.312 e. The highest BCUT2D eigenvalue weighted by atomic mass is 16.2. The van der Waals surface area contributed by atoms with Gasteiger partial charge in [-0.05, 0) is 103 Å². The molecule has 26 heteroatoms. The van der Waals surface area contributed by atoms with E-state index in [1.54, 1.807) is 41.5 Å². The lowest BCUT2D eigenvalue weighted by molar-refractivity contribution is -0.140. The van der Waals surface area contributed by atoms with Crippen LogP contribution >= 0.6 is 0 Å². The van der Waals surface area contributed by atoms with Gasteiger partial charge in [0.25, 0.3) is 0 Å². The van der Waals surface area contributed by atoms with Crippen molar-refractivity contribution in [3.63, 3.8) is 0 Å². The van der Waals surface area contributed by atoms with Crippen LogP contribution in [-0.2, 0) is 62.3 Å². The molecule has 3 aliphatic rings. The minimum atomic E-state index is -0.792. The number of ketones is 3. The van der Waals surface area contributed by atoms with E-state index in [1.807, 2.05) is 20.8 Å². The van der Waals surface area contributed by atoms with Gasteiger partial charge in [0.1, 0.15) is 19.5 Å². The number of carbonyl (C=O) groups is 15. The molecule has 528 valence electrons. The second-order valence-corrected chi connectivity index (χ2v) is 23.0. The SMILES string of the molecule is C.C.C.C.C.CC(=O)CCCCCN1C(=O)CC(C)C1=O.CC(=O)[C@H](CCCNC(N)=O)NC(=O)[C@@H](NC(=O)CCCCCN1C(=O)CC(C)C1=O)C(C)C.CCN[C@H](C(=O)N[C@@H](CCCNC(N)=O)C(C)=O)C(C)C.[2H]C(=O)CCCCCN1C(=O)CC(C)C1=O. The van der Waals surface area contributed by atoms with Gasteiger partial charge < -0.3 is 53.0 Å². The van der Waals surface area contributed by atoms with Gasteiger partial charge in [0, 0.05) is 89.0 Å². The van der Waals surface area contributed by atoms with Gasteiger partial charge in [-0.3, -0.25) is 67.4 Å². The van der Waals surface area contributed by atoms with Gasteiger partial charge in [0.05, 0.1) is 18.1 Å². The summed E-state index contributed by atoms with van der Waals surface area (Å²) in [5.41, 5.74) is 9.97. The number of urea groups is 2. The molecule has 3 saturated heterocycles. The zero-order chi connectivity index (χ0) is 66.5. The standard InChI is InChI=1S/C23H39N5O6.C14H28N4O3.C12H19NO3.C11H17NO3.5CH4/c1-14(2)20(21(32)26-17(16(4)29)9-8-11-25-23(24)34)27-18(30)10-6-5-7-12-28-19(31)13-15(3)22(28)33;1-5-16-12(9(2)3)13(20)18-11(10(4)19)7-6-8-17-14(15)21;1-9-8-11(15)13(12(9)16)7-5-3-4-6-10(2)14;1-9-8-10(14)12(11(9)15)6-4-2-3-5-7-13;;;;;/h14-15,17,20H,5-13H2,1-4H3,(H,26,32)(H,27,30)(H3,24,25,34);9,11-12,16H,5-8H2,1-4H3,(H,18,20)(H3,15,17,21);9H,3-8H2,1-2H3;7,9H,2-6,8H2,1H3;5*1H4/t15?,17-,20-;11-,12-;;;;;;;/m00......./s1/i;;;7D;;;;;. The average Bonchev–Trinajstić information content (AvgIpc) is 1.72. The Morgan fingerprint density at radius 3 is 1.14 bits per heavy atom. The van der Waals surface area contributed by atoms with E-state index in [1.165, 1.54) is 28.5 Å². The number of carbonyl (C=O) groups excluding carboxylic acids is 15. The molecular weight excluding hydrogens is 1170 g/mol. The number of aldehydes is 1. The van der Waals surface area contributed by atoms with E-state index in [-0.39, 0.29) is 157 Å². The molecular formula is C65H123N11O15. The third-order valence-corrected chi connectivity index (χ3v) is 14.5. The second kappa shape index (κ2) is 52.6. The minimum Gasteiger partial charge on any atom is -0.352 e. The molecule has 3 unspecified atom stereocenters. The molecule has 26 nitrogen and oxygen atoms in total. The molecule has 0 aromatic heterocycles. The van der Waals surface area contributed by atoms with Crippen molar-refractivity contribution in [1.29, 1.82) is 0 Å². The second-order valence-electron chi connectivity index (χ2n) is 23.0. The topological polar surface area (TPSA) is 390 Å². The summed E-state index contributed by atoms with van der Waals surface area (Å²) >= 11 is 0. The summed E-state index contributed by atoms with van der Waals surface area (Å²) < 4.78 is 6.71. The van der Waals surface area contributed by atoms with Gasteiger partial charge in [-0.2, -0.15) is 0 Å². The number of amides is 13. The highest BCUT2D eigenvalue weighted by molar-refractivity contribution is 6.04. The summed E-state index contributed by atoms with van der Waals surface area (Å²) in [4.78, 5) is 177. The highest BCUT2D eigenvalue weighted by Crippen LogP contribution is 2.22. The number of hydrogen-bond donors (Lipinski definition) is 8. The molecule has 3 rings (SSSR count). The third kappa shape index (κ3) is 39.8. The number of unbranched alkanes of at least 4 members (excludes halogenated alkanes) is 6. The Kier molecular flexibility index (Phi) is 53.6. The van der Waals surface area contributed by atoms with Crippen molar-refractivity contribution in [2.24, 2.45) is 41.1 Å². The highest BCUT2D eigenvalue weighted by Gasteiger charge is 2.37. The normalized spacial score (nSPS) is 16.9. The number of hydrogen-bond acceptors (Lipinski definition) is 16. The molecule has 3 heterocycles. The molecule has 7 atom stereocenters. The lowest BCUT2D eigenvalue weighted by atomic mass is 10.0. The maximum absolute atomic E-state index is 12.8. The van der Waals surface area contributed by atoms with Gasteiger partial charge in [-0.25, -0.2) is 9.59 Å². The fourth-order valence-corrected chi connectivity index (χ4v) is 9.39. The van der Waals surface area contributed by atoms with E-state index >= 15 is 0 Å². The number of Topliss-reactive ketones (excluding diaryl/α,β-unsaturated/α-hetero) is 3. The van der Waals surface area contributed by atoms with E-state index in [2.05, 4.69) is 31.9 Å². The molecule has 0 aromatic carbocycles. The molecule has 0 saturated carbocycles. The number of primary amides is 2. The first kappa shape index (κ1) is 92.7. The summed E-state index contributed by atoms with van der Waals surface area (Å²) in [6, 6.07) is -3.62. The molecule has 13 amide bonds. The number of likely N-dealkylation sites (tertiary alicyclic amines) is 3. The van der Waals surface area contributed by atoms with Crippen molar-refractivity contribution in [2.45, 2.75) is 259 Å². The summed E-state index contributed by atoms with van der Waals surface area (Å²) in [7, 11) is 0. The largest absolute Gasteiger partial charge is 0.352 e. The zero-order valence-electron chi connectivity index (χ0n) is 54.0. The molecule has 10 N–H and O–H groups in total. The van der Waals surface area contributed by atoms with Crippen LogP contribution in [0, 0.1) is 29.6 Å². The summed E-state index contributed by atoms with van der Waals surface area (Å²) in [6.07, 6.45) is 9.84. The fraction of sp³-hybridized carbons (Fsp3) is 0.769. The average molecular weight is 1300 g/mol. The van der Waals surface area contributed by atoms with Crippen LogP contribution in [0.1, 0.15) is 237 Å². The lowest BCUT2D eigenvalue weighted by Gasteiger charge is -2.24. The molecule has 3 aliphatic heterocycles. The van der Waals surface area contributed by atoms with E-state index in [4.69, 9.17) is 12.8 Å². The Bertz CT molecular complexity index is 2280. The predicted molar refractivity (Wildman–Crippen MR) is 355 cm³/mol. The van der Waals surface area contributed by atoms with Gasteiger partial charge in [-0.1, -0.05) is 112 Å². The van der Waals surface area contributed by atoms with Crippen molar-refractivity contribution in [3.05, 3.63) is 0 Å². The molecule has 0 aromatic rings. The lowest BCUT2D eigenvalue weighted by Crippen LogP contribution is -2.53. The fourth-order valence-electron chi connectivity index (χ4n) is 9.39. The molecule has 0 aliphatic carbocycles. The maximum atomic E-state index is 12.8. The van der Waals surface area contributed by atoms with Crippen LogP contribution in [0.3, 0.4) is 0 Å². The van der Waals surface area contributed by atoms with Crippen molar-refractivity contribution in [2.75, 3.05) is 39.3 Å². The Balaban J connectivity index is -0.000000277. The summed E-state index contributed by atoms with van der Waals surface area (Å²) in [5.74, 6) is -2.20. The Morgan fingerprint density at radius 2 is 0.857 bits per heavy atom. The van der Waals surface area contributed by atoms with Crippen LogP contribution in [0.4, 0.5) is 9.59 Å². The van der Waals surface area contributed by atoms with Gasteiger partial charge in [0.2, 0.25) is 53.2 Å². The number of imide groups is 3. The van der Waals surface area contributed by atoms with Crippen molar-refractivity contribution >= 4 is 88.8 Å². The molecule has 3 fully saturated rings. The van der Waals surface area contributed by atoms with E-state index in [0.29, 0.717) is 110 Å². The molecule has 0 radical (unpaired) electrons. The quantitative estimate of drug-likeness (QED) is 0.0184. The van der Waals surface area contributed by atoms with Crippen LogP contribution in [0.15, 0.2) is 0 Å². The van der Waals surface area contributed by atoms with Crippen molar-refractivity contribution in [1.82, 2.24) is 46.6 Å². The van der Waals surface area contributed by atoms with Crippen LogP contribution in [0.25, 0.3) is 0 Å². The van der Waals surface area contributed by atoms with Gasteiger partial charge >= 0.3 is 12.1 Å². The van der Waals surface area contributed by atoms with Crippen LogP contribution in [-0.4, -0.2) is 167 Å². The first-order valence-corrected chi connectivity index (χ1v) is 30.5. The number of rotatable bonds is 37. The first-order chi connectivity index (χ1) is 40.8. The molecule has 91 heavy (non-hydrogen) atoms. The molecule has 0 spiro atoms. The van der Waals surface area contributed by atoms with E-state index in [9.17, 15) is 71.9 Å². The first-order valence-electron chi connectivity index (χ1n) is 31.0. The van der Waals surface area contributed by atoms with Crippen LogP contribution in [0.5, 0.6) is 0 Å². The van der Waals surface area contributed by atoms with Crippen LogP contribution in [0.2, 0.25) is 0 Å². The zero-order valence-corrected chi connectivity index (χ0v) is 53.0. The maximum Gasteiger partial charge on any atom is 0.312 e. The number of likely N-dealkylation sites (N-methyl/N-ethyl adjacent to an activating group) is 1. The van der Waals surface area contributed by atoms with Crippen LogP contribution < -0.4 is 43.4 Å². The number of nitrogens with zero attached hydrogens (tertiary/aromatic N) is 3. The molecule has 0 bridgehead atoms. The summed E-state index contributed by atoms with van der Waals surface area (Å²) in [6.45, 7) is 21.8. The predicted octanol–water partition coefficient (Wildman–Crippen LogP) is 6.60. The van der Waals surface area contributed by atoms with Gasteiger partial charge in [-0.15, -0.1) is 0 Å². The number of nitrogens with one attached hydrogen (secondary N) is 6. The Morgan fingerprint density at radius 1 is 0.516 bits per heavy atom. The summed E-state index contributed by atoms with van der Waals surface area (Å²) in [5, 5.41) is 16.2. The number of nitrogens with two attached hydrogens (primary N) is 2.